The molecule has 9 nitrogen and oxygen atoms in total. The first-order chi connectivity index (χ1) is 13.5. The first-order valence-corrected chi connectivity index (χ1v) is 9.23. The number of hydrogen-bond acceptors (Lipinski definition) is 6. The lowest BCUT2D eigenvalue weighted by molar-refractivity contribution is -0.133. The second kappa shape index (κ2) is 8.47. The van der Waals surface area contributed by atoms with Crippen molar-refractivity contribution in [1.82, 2.24) is 10.2 Å². The quantitative estimate of drug-likeness (QED) is 0.514. The van der Waals surface area contributed by atoms with Crippen molar-refractivity contribution >= 4 is 23.5 Å². The summed E-state index contributed by atoms with van der Waals surface area (Å²) >= 11 is 0. The van der Waals surface area contributed by atoms with Crippen molar-refractivity contribution in [2.75, 3.05) is 39.3 Å². The van der Waals surface area contributed by atoms with Crippen molar-refractivity contribution in [3.05, 3.63) is 18.2 Å². The number of benzene rings is 1. The van der Waals surface area contributed by atoms with Crippen LogP contribution in [0.4, 0.5) is 10.5 Å². The maximum atomic E-state index is 12.6. The number of nitrogens with one attached hydrogen (secondary N) is 2. The van der Waals surface area contributed by atoms with Crippen molar-refractivity contribution in [3.8, 4) is 11.5 Å². The summed E-state index contributed by atoms with van der Waals surface area (Å²) in [7, 11) is 3.09. The number of amides is 4. The first kappa shape index (κ1) is 19.9. The Hall–Kier alpha value is -2.81. The number of carbonyl (C=O) groups excluding carboxylic acids is 3. The van der Waals surface area contributed by atoms with E-state index in [0.29, 0.717) is 43.2 Å². The maximum Gasteiger partial charge on any atom is 0.325 e. The lowest BCUT2D eigenvalue weighted by atomic mass is 9.98. The van der Waals surface area contributed by atoms with E-state index in [0.717, 1.165) is 17.7 Å². The molecule has 3 rings (SSSR count). The Morgan fingerprint density at radius 1 is 1.18 bits per heavy atom. The maximum absolute atomic E-state index is 12.6. The summed E-state index contributed by atoms with van der Waals surface area (Å²) in [6.07, 6.45) is 3.03. The molecule has 0 radical (unpaired) electrons. The van der Waals surface area contributed by atoms with Crippen molar-refractivity contribution < 1.29 is 28.6 Å². The third-order valence-corrected chi connectivity index (χ3v) is 5.00. The Morgan fingerprint density at radius 3 is 2.61 bits per heavy atom. The average Bonchev–Trinajstić information content (AvgIpc) is 3.23. The molecule has 1 heterocycles. The number of carbonyl (C=O) groups is 3. The molecule has 28 heavy (non-hydrogen) atoms. The molecule has 1 saturated carbocycles. The van der Waals surface area contributed by atoms with E-state index in [-0.39, 0.29) is 12.5 Å². The van der Waals surface area contributed by atoms with Crippen LogP contribution in [0.3, 0.4) is 0 Å². The zero-order valence-electron chi connectivity index (χ0n) is 16.1. The van der Waals surface area contributed by atoms with Gasteiger partial charge in [0.2, 0.25) is 5.91 Å². The summed E-state index contributed by atoms with van der Waals surface area (Å²) in [5, 5.41) is 5.45. The third kappa shape index (κ3) is 4.04. The fraction of sp³-hybridized carbons (Fsp3) is 0.526. The fourth-order valence-electron chi connectivity index (χ4n) is 3.58. The van der Waals surface area contributed by atoms with Gasteiger partial charge < -0.3 is 24.8 Å². The largest absolute Gasteiger partial charge is 0.493 e. The van der Waals surface area contributed by atoms with Crippen LogP contribution in [0, 0.1) is 0 Å². The molecule has 0 bridgehead atoms. The lowest BCUT2D eigenvalue weighted by Crippen LogP contribution is -2.44. The minimum atomic E-state index is -0.820. The van der Waals surface area contributed by atoms with Crippen LogP contribution in [0.15, 0.2) is 18.2 Å². The number of ether oxygens (including phenoxy) is 3. The van der Waals surface area contributed by atoms with Gasteiger partial charge in [0, 0.05) is 18.9 Å². The van der Waals surface area contributed by atoms with Crippen LogP contribution in [0.2, 0.25) is 0 Å². The third-order valence-electron chi connectivity index (χ3n) is 5.00. The molecule has 9 heteroatoms. The van der Waals surface area contributed by atoms with Gasteiger partial charge in [0.05, 0.1) is 13.7 Å². The van der Waals surface area contributed by atoms with Crippen LogP contribution in [0.25, 0.3) is 0 Å². The van der Waals surface area contributed by atoms with Crippen molar-refractivity contribution in [1.29, 1.82) is 0 Å². The van der Waals surface area contributed by atoms with Crippen LogP contribution in [0.1, 0.15) is 25.7 Å². The van der Waals surface area contributed by atoms with E-state index in [1.165, 1.54) is 7.11 Å². The van der Waals surface area contributed by atoms with E-state index in [9.17, 15) is 14.4 Å². The second-order valence-corrected chi connectivity index (χ2v) is 6.87. The Labute approximate surface area is 163 Å². The van der Waals surface area contributed by atoms with Gasteiger partial charge in [-0.15, -0.1) is 0 Å². The Bertz CT molecular complexity index is 760. The summed E-state index contributed by atoms with van der Waals surface area (Å²) in [4.78, 5) is 38.2. The van der Waals surface area contributed by atoms with E-state index < -0.39 is 17.5 Å². The van der Waals surface area contributed by atoms with Crippen LogP contribution >= 0.6 is 0 Å². The molecule has 0 atom stereocenters. The molecule has 1 aliphatic carbocycles. The highest BCUT2D eigenvalue weighted by atomic mass is 16.5. The second-order valence-electron chi connectivity index (χ2n) is 6.87. The summed E-state index contributed by atoms with van der Waals surface area (Å²) in [5.41, 5.74) is -0.347. The number of methoxy groups -OCH3 is 2. The normalized spacial score (nSPS) is 17.7. The molecule has 4 amide bonds. The topological polar surface area (TPSA) is 106 Å². The zero-order valence-corrected chi connectivity index (χ0v) is 16.1. The number of nitrogens with zero attached hydrogens (tertiary/aromatic N) is 1. The molecular weight excluding hydrogens is 366 g/mol. The molecule has 0 aromatic heterocycles. The Morgan fingerprint density at radius 2 is 1.93 bits per heavy atom. The number of anilines is 1. The smallest absolute Gasteiger partial charge is 0.325 e. The highest BCUT2D eigenvalue weighted by Gasteiger charge is 2.52. The summed E-state index contributed by atoms with van der Waals surface area (Å²) in [6, 6.07) is 4.43. The summed E-state index contributed by atoms with van der Waals surface area (Å²) in [6.45, 7) is 0.404. The SMILES string of the molecule is COCCOc1cc(NC(=O)CN2C(=O)NC3(CCCC3)C2=O)ccc1OC. The van der Waals surface area contributed by atoms with Crippen LogP contribution in [0.5, 0.6) is 11.5 Å². The van der Waals surface area contributed by atoms with Crippen LogP contribution < -0.4 is 20.1 Å². The molecular formula is C19H25N3O6. The Kier molecular flexibility index (Phi) is 6.03. The lowest BCUT2D eigenvalue weighted by Gasteiger charge is -2.19. The molecule has 1 aromatic carbocycles. The molecule has 1 aliphatic heterocycles. The van der Waals surface area contributed by atoms with Gasteiger partial charge in [-0.25, -0.2) is 4.79 Å². The van der Waals surface area contributed by atoms with Crippen LogP contribution in [-0.4, -0.2) is 62.3 Å². The number of urea groups is 1. The number of hydrogen-bond donors (Lipinski definition) is 2. The number of rotatable bonds is 8. The molecule has 1 spiro atoms. The highest BCUT2D eigenvalue weighted by molar-refractivity contribution is 6.10. The van der Waals surface area contributed by atoms with Gasteiger partial charge in [-0.1, -0.05) is 12.8 Å². The molecule has 152 valence electrons. The van der Waals surface area contributed by atoms with Gasteiger partial charge >= 0.3 is 6.03 Å². The fourth-order valence-corrected chi connectivity index (χ4v) is 3.58. The highest BCUT2D eigenvalue weighted by Crippen LogP contribution is 2.35. The van der Waals surface area contributed by atoms with Gasteiger partial charge in [-0.3, -0.25) is 14.5 Å². The van der Waals surface area contributed by atoms with Crippen molar-refractivity contribution in [3.63, 3.8) is 0 Å². The van der Waals surface area contributed by atoms with Crippen molar-refractivity contribution in [2.45, 2.75) is 31.2 Å². The number of imide groups is 1. The monoisotopic (exact) mass is 391 g/mol. The van der Waals surface area contributed by atoms with Gasteiger partial charge in [0.15, 0.2) is 11.5 Å². The predicted octanol–water partition coefficient (Wildman–Crippen LogP) is 1.52. The minimum absolute atomic E-state index is 0.316. The van der Waals surface area contributed by atoms with Gasteiger partial charge in [-0.2, -0.15) is 0 Å². The standard InChI is InChI=1S/C19H25N3O6/c1-26-9-10-28-15-11-13(5-6-14(15)27-2)20-16(23)12-22-17(24)19(21-18(22)25)7-3-4-8-19/h5-6,11H,3-4,7-10,12H2,1-2H3,(H,20,23)(H,21,25). The average molecular weight is 391 g/mol. The molecule has 2 N–H and O–H groups in total. The van der Waals surface area contributed by atoms with Gasteiger partial charge in [0.1, 0.15) is 18.7 Å². The molecule has 1 saturated heterocycles. The van der Waals surface area contributed by atoms with Crippen LogP contribution in [-0.2, 0) is 14.3 Å². The van der Waals surface area contributed by atoms with Gasteiger partial charge in [0.25, 0.3) is 5.91 Å². The first-order valence-electron chi connectivity index (χ1n) is 9.23. The zero-order chi connectivity index (χ0) is 20.1. The predicted molar refractivity (Wildman–Crippen MR) is 100 cm³/mol. The molecule has 1 aromatic rings. The summed E-state index contributed by atoms with van der Waals surface area (Å²) in [5.74, 6) is 0.193. The minimum Gasteiger partial charge on any atom is -0.493 e. The van der Waals surface area contributed by atoms with E-state index in [1.807, 2.05) is 0 Å². The van der Waals surface area contributed by atoms with E-state index in [1.54, 1.807) is 25.3 Å². The van der Waals surface area contributed by atoms with E-state index in [4.69, 9.17) is 14.2 Å². The van der Waals surface area contributed by atoms with Crippen molar-refractivity contribution in [2.24, 2.45) is 0 Å². The molecule has 0 unspecified atom stereocenters. The van der Waals surface area contributed by atoms with E-state index >= 15 is 0 Å². The van der Waals surface area contributed by atoms with Gasteiger partial charge in [-0.05, 0) is 25.0 Å². The summed E-state index contributed by atoms with van der Waals surface area (Å²) < 4.78 is 15.8. The van der Waals surface area contributed by atoms with E-state index in [2.05, 4.69) is 10.6 Å². The molecule has 2 aliphatic rings. The Balaban J connectivity index is 1.63. The molecule has 2 fully saturated rings.